The minimum absolute atomic E-state index is 0.739. The molecule has 0 radical (unpaired) electrons. The van der Waals surface area contributed by atoms with Crippen molar-refractivity contribution in [3.8, 4) is 11.1 Å². The van der Waals surface area contributed by atoms with Gasteiger partial charge < -0.3 is 0 Å². The van der Waals surface area contributed by atoms with Crippen LogP contribution in [-0.4, -0.2) is 0 Å². The molecule has 0 spiro atoms. The van der Waals surface area contributed by atoms with Crippen molar-refractivity contribution in [3.05, 3.63) is 70.2 Å². The Labute approximate surface area is 140 Å². The molecule has 0 atom stereocenters. The normalized spacial score (nSPS) is 11.3. The molecule has 4 rings (SSSR count). The van der Waals surface area contributed by atoms with Gasteiger partial charge in [-0.1, -0.05) is 48.0 Å². The predicted octanol–water partition coefficient (Wildman–Crippen LogP) is 7.14. The van der Waals surface area contributed by atoms with E-state index in [1.165, 1.54) is 25.7 Å². The van der Waals surface area contributed by atoms with Crippen LogP contribution in [0, 0.1) is 0 Å². The van der Waals surface area contributed by atoms with Crippen molar-refractivity contribution in [1.82, 2.24) is 0 Å². The lowest BCUT2D eigenvalue weighted by Crippen LogP contribution is -1.80. The Morgan fingerprint density at radius 2 is 1.62 bits per heavy atom. The van der Waals surface area contributed by atoms with E-state index in [0.717, 1.165) is 15.1 Å². The first-order chi connectivity index (χ1) is 10.2. The van der Waals surface area contributed by atoms with Gasteiger partial charge in [0.1, 0.15) is 0 Å². The van der Waals surface area contributed by atoms with E-state index < -0.39 is 0 Å². The molecule has 0 N–H and O–H groups in total. The highest BCUT2D eigenvalue weighted by Crippen LogP contribution is 2.39. The highest BCUT2D eigenvalue weighted by molar-refractivity contribution is 9.10. The van der Waals surface area contributed by atoms with Crippen LogP contribution in [0.1, 0.15) is 0 Å². The largest absolute Gasteiger partial charge is 0.135 e. The molecule has 3 heteroatoms. The molecule has 3 aromatic carbocycles. The zero-order chi connectivity index (χ0) is 14.4. The maximum Gasteiger partial charge on any atom is 0.0554 e. The molecule has 0 unspecified atom stereocenters. The molecule has 102 valence electrons. The summed E-state index contributed by atoms with van der Waals surface area (Å²) in [6.07, 6.45) is 0. The highest BCUT2D eigenvalue weighted by atomic mass is 79.9. The molecule has 0 bridgehead atoms. The predicted molar refractivity (Wildman–Crippen MR) is 97.5 cm³/mol. The van der Waals surface area contributed by atoms with E-state index in [1.807, 2.05) is 23.5 Å². The summed E-state index contributed by atoms with van der Waals surface area (Å²) < 4.78 is 3.60. The van der Waals surface area contributed by atoms with E-state index in [0.29, 0.717) is 0 Å². The Morgan fingerprint density at radius 3 is 2.52 bits per heavy atom. The molecule has 21 heavy (non-hydrogen) atoms. The smallest absolute Gasteiger partial charge is 0.0554 e. The van der Waals surface area contributed by atoms with E-state index in [2.05, 4.69) is 64.5 Å². The molecule has 0 aliphatic heterocycles. The minimum atomic E-state index is 0.739. The maximum absolute atomic E-state index is 6.21. The summed E-state index contributed by atoms with van der Waals surface area (Å²) in [4.78, 5) is 0. The van der Waals surface area contributed by atoms with Gasteiger partial charge in [-0.3, -0.25) is 0 Å². The number of thiophene rings is 1. The van der Waals surface area contributed by atoms with Crippen LogP contribution in [0.2, 0.25) is 5.02 Å². The zero-order valence-electron chi connectivity index (χ0n) is 10.9. The first-order valence-electron chi connectivity index (χ1n) is 6.60. The number of rotatable bonds is 1. The van der Waals surface area contributed by atoms with E-state index in [9.17, 15) is 0 Å². The second-order valence-corrected chi connectivity index (χ2v) is 7.19. The highest BCUT2D eigenvalue weighted by Gasteiger charge is 2.09. The number of hydrogen-bond donors (Lipinski definition) is 0. The summed E-state index contributed by atoms with van der Waals surface area (Å²) in [7, 11) is 0. The van der Waals surface area contributed by atoms with E-state index in [1.54, 1.807) is 0 Å². The molecule has 0 aliphatic carbocycles. The van der Waals surface area contributed by atoms with Gasteiger partial charge in [0.25, 0.3) is 0 Å². The Balaban J connectivity index is 2.02. The van der Waals surface area contributed by atoms with Gasteiger partial charge in [-0.2, -0.15) is 0 Å². The monoisotopic (exact) mass is 372 g/mol. The van der Waals surface area contributed by atoms with Crippen LogP contribution < -0.4 is 0 Å². The quantitative estimate of drug-likeness (QED) is 0.332. The summed E-state index contributed by atoms with van der Waals surface area (Å²) in [5, 5.41) is 3.36. The third-order valence-corrected chi connectivity index (χ3v) is 6.19. The zero-order valence-corrected chi connectivity index (χ0v) is 14.1. The average molecular weight is 374 g/mol. The van der Waals surface area contributed by atoms with Crippen molar-refractivity contribution in [1.29, 1.82) is 0 Å². The fourth-order valence-electron chi connectivity index (χ4n) is 2.62. The topological polar surface area (TPSA) is 0 Å². The number of hydrogen-bond acceptors (Lipinski definition) is 1. The molecular weight excluding hydrogens is 364 g/mol. The van der Waals surface area contributed by atoms with Crippen molar-refractivity contribution in [3.63, 3.8) is 0 Å². The van der Waals surface area contributed by atoms with E-state index in [-0.39, 0.29) is 0 Å². The molecule has 1 heterocycles. The van der Waals surface area contributed by atoms with Crippen LogP contribution in [0.25, 0.3) is 31.3 Å². The molecule has 0 fully saturated rings. The van der Waals surface area contributed by atoms with Crippen LogP contribution in [0.5, 0.6) is 0 Å². The van der Waals surface area contributed by atoms with E-state index >= 15 is 0 Å². The molecule has 4 aromatic rings. The fraction of sp³-hybridized carbons (Fsp3) is 0. The third kappa shape index (κ3) is 2.18. The lowest BCUT2D eigenvalue weighted by Gasteiger charge is -2.06. The SMILES string of the molecule is Clc1cccc(-c2ccc3sc4ccccc4c3c2)c1Br. The van der Waals surface area contributed by atoms with Gasteiger partial charge in [0.15, 0.2) is 0 Å². The van der Waals surface area contributed by atoms with Crippen LogP contribution in [0.4, 0.5) is 0 Å². The van der Waals surface area contributed by atoms with Gasteiger partial charge in [0, 0.05) is 24.6 Å². The first kappa shape index (κ1) is 13.3. The van der Waals surface area contributed by atoms with Crippen molar-refractivity contribution < 1.29 is 0 Å². The van der Waals surface area contributed by atoms with Crippen molar-refractivity contribution in [2.24, 2.45) is 0 Å². The molecule has 1 aromatic heterocycles. The molecule has 0 amide bonds. The van der Waals surface area contributed by atoms with Crippen molar-refractivity contribution >= 4 is 59.0 Å². The molecule has 0 aliphatic rings. The average Bonchev–Trinajstić information content (AvgIpc) is 2.88. The summed E-state index contributed by atoms with van der Waals surface area (Å²) in [6.45, 7) is 0. The second-order valence-electron chi connectivity index (χ2n) is 4.91. The molecular formula is C18H10BrClS. The summed E-state index contributed by atoms with van der Waals surface area (Å²) in [6, 6.07) is 21.1. The maximum atomic E-state index is 6.21. The van der Waals surface area contributed by atoms with Crippen molar-refractivity contribution in [2.45, 2.75) is 0 Å². The Bertz CT molecular complexity index is 971. The van der Waals surface area contributed by atoms with Gasteiger partial charge in [0.05, 0.1) is 5.02 Å². The van der Waals surface area contributed by atoms with Gasteiger partial charge in [-0.05, 0) is 51.3 Å². The number of benzene rings is 3. The number of halogens is 2. The molecule has 0 saturated heterocycles. The number of fused-ring (bicyclic) bond motifs is 3. The standard InChI is InChI=1S/C18H10BrClS/c19-18-12(5-3-6-15(18)20)11-8-9-17-14(10-11)13-4-1-2-7-16(13)21-17/h1-10H. The van der Waals surface area contributed by atoms with Gasteiger partial charge >= 0.3 is 0 Å². The Morgan fingerprint density at radius 1 is 0.810 bits per heavy atom. The fourth-order valence-corrected chi connectivity index (χ4v) is 4.37. The molecule has 0 nitrogen and oxygen atoms in total. The Kier molecular flexibility index (Phi) is 3.26. The summed E-state index contributed by atoms with van der Waals surface area (Å²) >= 11 is 11.6. The van der Waals surface area contributed by atoms with Crippen LogP contribution in [0.3, 0.4) is 0 Å². The van der Waals surface area contributed by atoms with Gasteiger partial charge in [-0.15, -0.1) is 11.3 Å². The first-order valence-corrected chi connectivity index (χ1v) is 8.58. The summed E-state index contributed by atoms with van der Waals surface area (Å²) in [5.41, 5.74) is 2.31. The van der Waals surface area contributed by atoms with Crippen LogP contribution in [-0.2, 0) is 0 Å². The van der Waals surface area contributed by atoms with Crippen molar-refractivity contribution in [2.75, 3.05) is 0 Å². The lowest BCUT2D eigenvalue weighted by atomic mass is 10.0. The van der Waals surface area contributed by atoms with Crippen LogP contribution >= 0.6 is 38.9 Å². The summed E-state index contributed by atoms with van der Waals surface area (Å²) in [5.74, 6) is 0. The molecule has 0 saturated carbocycles. The van der Waals surface area contributed by atoms with Gasteiger partial charge in [0.2, 0.25) is 0 Å². The second kappa shape index (κ2) is 5.13. The van der Waals surface area contributed by atoms with E-state index in [4.69, 9.17) is 11.6 Å². The van der Waals surface area contributed by atoms with Gasteiger partial charge in [-0.25, -0.2) is 0 Å². The van der Waals surface area contributed by atoms with Crippen LogP contribution in [0.15, 0.2) is 65.1 Å². The third-order valence-electron chi connectivity index (χ3n) is 3.64. The lowest BCUT2D eigenvalue weighted by molar-refractivity contribution is 1.61. The minimum Gasteiger partial charge on any atom is -0.135 e. The Hall–Kier alpha value is -1.35.